The Hall–Kier alpha value is -1.69. The number of carbonyl (C=O) groups is 1. The number of hydrogen-bond acceptors (Lipinski definition) is 5. The summed E-state index contributed by atoms with van der Waals surface area (Å²) >= 11 is 0. The van der Waals surface area contributed by atoms with E-state index in [-0.39, 0.29) is 5.91 Å². The van der Waals surface area contributed by atoms with Crippen LogP contribution in [0, 0.1) is 12.8 Å². The minimum absolute atomic E-state index is 0.0135. The molecule has 1 aromatic rings. The number of hydrogen-bond donors (Lipinski definition) is 0. The molecule has 6 nitrogen and oxygen atoms in total. The summed E-state index contributed by atoms with van der Waals surface area (Å²) in [4.78, 5) is 25.7. The molecule has 6 heteroatoms. The maximum Gasteiger partial charge on any atom is 0.272 e. The molecule has 0 N–H and O–H groups in total. The maximum absolute atomic E-state index is 12.6. The van der Waals surface area contributed by atoms with E-state index in [4.69, 9.17) is 4.74 Å². The second kappa shape index (κ2) is 6.60. The van der Waals surface area contributed by atoms with Crippen LogP contribution in [0.5, 0.6) is 0 Å². The van der Waals surface area contributed by atoms with Gasteiger partial charge in [-0.2, -0.15) is 0 Å². The molecule has 2 aliphatic heterocycles. The van der Waals surface area contributed by atoms with Gasteiger partial charge in [0, 0.05) is 31.9 Å². The Bertz CT molecular complexity index is 535. The molecule has 2 saturated heterocycles. The number of amides is 1. The van der Waals surface area contributed by atoms with Gasteiger partial charge in [-0.15, -0.1) is 0 Å². The molecule has 3 heterocycles. The third kappa shape index (κ3) is 3.38. The summed E-state index contributed by atoms with van der Waals surface area (Å²) in [6.45, 7) is 8.62. The zero-order valence-electron chi connectivity index (χ0n) is 13.4. The van der Waals surface area contributed by atoms with Gasteiger partial charge in [0.25, 0.3) is 5.91 Å². The molecule has 0 radical (unpaired) electrons. The third-order valence-corrected chi connectivity index (χ3v) is 4.43. The molecule has 0 spiro atoms. The summed E-state index contributed by atoms with van der Waals surface area (Å²) in [7, 11) is 0. The number of anilines is 1. The second-order valence-corrected chi connectivity index (χ2v) is 6.27. The van der Waals surface area contributed by atoms with Crippen LogP contribution in [-0.2, 0) is 4.74 Å². The van der Waals surface area contributed by atoms with Gasteiger partial charge in [0.15, 0.2) is 0 Å². The number of rotatable bonds is 2. The van der Waals surface area contributed by atoms with E-state index in [1.54, 1.807) is 6.07 Å². The monoisotopic (exact) mass is 304 g/mol. The van der Waals surface area contributed by atoms with Gasteiger partial charge in [-0.1, -0.05) is 6.92 Å². The van der Waals surface area contributed by atoms with Crippen LogP contribution in [0.25, 0.3) is 0 Å². The van der Waals surface area contributed by atoms with Gasteiger partial charge in [0.1, 0.15) is 5.69 Å². The Labute approximate surface area is 131 Å². The van der Waals surface area contributed by atoms with Gasteiger partial charge < -0.3 is 14.5 Å². The van der Waals surface area contributed by atoms with E-state index < -0.39 is 0 Å². The highest BCUT2D eigenvalue weighted by Crippen LogP contribution is 2.21. The largest absolute Gasteiger partial charge is 0.378 e. The molecule has 0 bridgehead atoms. The maximum atomic E-state index is 12.6. The van der Waals surface area contributed by atoms with Gasteiger partial charge >= 0.3 is 0 Å². The van der Waals surface area contributed by atoms with E-state index in [1.807, 2.05) is 11.8 Å². The number of morpholine rings is 1. The van der Waals surface area contributed by atoms with E-state index in [2.05, 4.69) is 21.8 Å². The summed E-state index contributed by atoms with van der Waals surface area (Å²) in [6, 6.07) is 1.79. The van der Waals surface area contributed by atoms with Crippen LogP contribution < -0.4 is 4.90 Å². The molecule has 1 aromatic heterocycles. The van der Waals surface area contributed by atoms with Crippen molar-refractivity contribution in [1.29, 1.82) is 0 Å². The Kier molecular flexibility index (Phi) is 4.57. The molecule has 0 atom stereocenters. The predicted molar refractivity (Wildman–Crippen MR) is 84.1 cm³/mol. The minimum atomic E-state index is -0.0135. The Balaban J connectivity index is 1.78. The molecule has 0 aromatic carbocycles. The number of nitrogens with zero attached hydrogens (tertiary/aromatic N) is 4. The summed E-state index contributed by atoms with van der Waals surface area (Å²) in [5.41, 5.74) is 1.35. The zero-order chi connectivity index (χ0) is 15.5. The summed E-state index contributed by atoms with van der Waals surface area (Å²) in [5, 5.41) is 0. The van der Waals surface area contributed by atoms with Crippen LogP contribution in [0.3, 0.4) is 0 Å². The van der Waals surface area contributed by atoms with Crippen LogP contribution in [0.1, 0.15) is 35.9 Å². The summed E-state index contributed by atoms with van der Waals surface area (Å²) in [5.74, 6) is 1.44. The first-order valence-corrected chi connectivity index (χ1v) is 8.11. The molecule has 22 heavy (non-hydrogen) atoms. The van der Waals surface area contributed by atoms with Crippen molar-refractivity contribution in [3.63, 3.8) is 0 Å². The van der Waals surface area contributed by atoms with Gasteiger partial charge in [-0.05, 0) is 31.7 Å². The molecule has 2 fully saturated rings. The van der Waals surface area contributed by atoms with Crippen molar-refractivity contribution in [3.05, 3.63) is 17.5 Å². The molecule has 3 rings (SSSR count). The minimum Gasteiger partial charge on any atom is -0.378 e. The molecule has 0 saturated carbocycles. The van der Waals surface area contributed by atoms with E-state index in [0.29, 0.717) is 37.9 Å². The summed E-state index contributed by atoms with van der Waals surface area (Å²) in [6.07, 6.45) is 2.31. The fourth-order valence-electron chi connectivity index (χ4n) is 2.94. The Morgan fingerprint density at radius 2 is 1.86 bits per heavy atom. The zero-order valence-corrected chi connectivity index (χ0v) is 13.4. The first-order valence-electron chi connectivity index (χ1n) is 8.11. The average Bonchev–Trinajstić information content (AvgIpc) is 2.55. The lowest BCUT2D eigenvalue weighted by atomic mass is 10.00. The van der Waals surface area contributed by atoms with E-state index in [9.17, 15) is 4.79 Å². The van der Waals surface area contributed by atoms with Crippen molar-refractivity contribution >= 4 is 11.9 Å². The van der Waals surface area contributed by atoms with Crippen LogP contribution in [0.15, 0.2) is 6.07 Å². The van der Waals surface area contributed by atoms with E-state index in [0.717, 1.165) is 37.5 Å². The topological polar surface area (TPSA) is 58.6 Å². The quantitative estimate of drug-likeness (QED) is 0.828. The lowest BCUT2D eigenvalue weighted by Gasteiger charge is -2.31. The lowest BCUT2D eigenvalue weighted by Crippen LogP contribution is -2.41. The number of ether oxygens (including phenoxy) is 1. The van der Waals surface area contributed by atoms with Crippen LogP contribution in [0.4, 0.5) is 5.95 Å². The normalized spacial score (nSPS) is 20.3. The first-order chi connectivity index (χ1) is 10.6. The Morgan fingerprint density at radius 1 is 1.18 bits per heavy atom. The number of piperidine rings is 1. The van der Waals surface area contributed by atoms with Crippen molar-refractivity contribution in [2.75, 3.05) is 44.3 Å². The molecule has 1 amide bonds. The number of aryl methyl sites for hydroxylation is 1. The second-order valence-electron chi connectivity index (χ2n) is 6.27. The van der Waals surface area contributed by atoms with Crippen molar-refractivity contribution in [2.45, 2.75) is 26.7 Å². The van der Waals surface area contributed by atoms with Crippen molar-refractivity contribution in [2.24, 2.45) is 5.92 Å². The standard InChI is InChI=1S/C16H24N4O2/c1-12-3-5-20(6-4-12)16-17-13(2)11-14(18-16)15(21)19-7-9-22-10-8-19/h11-12H,3-10H2,1-2H3. The van der Waals surface area contributed by atoms with Gasteiger partial charge in [0.05, 0.1) is 13.2 Å². The van der Waals surface area contributed by atoms with E-state index in [1.165, 1.54) is 0 Å². The fraction of sp³-hybridized carbons (Fsp3) is 0.688. The molecule has 120 valence electrons. The lowest BCUT2D eigenvalue weighted by molar-refractivity contribution is 0.0299. The van der Waals surface area contributed by atoms with Crippen molar-refractivity contribution in [3.8, 4) is 0 Å². The van der Waals surface area contributed by atoms with Crippen LogP contribution in [0.2, 0.25) is 0 Å². The fourth-order valence-corrected chi connectivity index (χ4v) is 2.94. The van der Waals surface area contributed by atoms with Gasteiger partial charge in [0.2, 0.25) is 5.95 Å². The highest BCUT2D eigenvalue weighted by Gasteiger charge is 2.23. The summed E-state index contributed by atoms with van der Waals surface area (Å²) < 4.78 is 5.30. The number of carbonyl (C=O) groups excluding carboxylic acids is 1. The third-order valence-electron chi connectivity index (χ3n) is 4.43. The smallest absolute Gasteiger partial charge is 0.272 e. The SMILES string of the molecule is Cc1cc(C(=O)N2CCOCC2)nc(N2CCC(C)CC2)n1. The molecule has 2 aliphatic rings. The number of aromatic nitrogens is 2. The molecule has 0 unspecified atom stereocenters. The highest BCUT2D eigenvalue weighted by atomic mass is 16.5. The average molecular weight is 304 g/mol. The molecule has 0 aliphatic carbocycles. The highest BCUT2D eigenvalue weighted by molar-refractivity contribution is 5.92. The van der Waals surface area contributed by atoms with Crippen molar-refractivity contribution in [1.82, 2.24) is 14.9 Å². The molecular weight excluding hydrogens is 280 g/mol. The molecular formula is C16H24N4O2. The predicted octanol–water partition coefficient (Wildman–Crippen LogP) is 1.49. The van der Waals surface area contributed by atoms with E-state index >= 15 is 0 Å². The van der Waals surface area contributed by atoms with Crippen molar-refractivity contribution < 1.29 is 9.53 Å². The Morgan fingerprint density at radius 3 is 2.55 bits per heavy atom. The van der Waals surface area contributed by atoms with Crippen LogP contribution >= 0.6 is 0 Å². The first kappa shape index (κ1) is 15.2. The van der Waals surface area contributed by atoms with Gasteiger partial charge in [-0.3, -0.25) is 4.79 Å². The van der Waals surface area contributed by atoms with Gasteiger partial charge in [-0.25, -0.2) is 9.97 Å². The van der Waals surface area contributed by atoms with Crippen LogP contribution in [-0.4, -0.2) is 60.2 Å².